The van der Waals surface area contributed by atoms with Gasteiger partial charge in [-0.3, -0.25) is 9.91 Å². The summed E-state index contributed by atoms with van der Waals surface area (Å²) < 4.78 is 0.426. The molecule has 0 aromatic heterocycles. The van der Waals surface area contributed by atoms with Crippen LogP contribution in [0.15, 0.2) is 23.3 Å². The molecule has 0 atom stereocenters. The fraction of sp³-hybridized carbons (Fsp3) is 0.300. The molecule has 7 heteroatoms. The summed E-state index contributed by atoms with van der Waals surface area (Å²) in [6, 6.07) is 5.23. The number of nitrogens with one attached hydrogen (secondary N) is 1. The maximum Gasteiger partial charge on any atom is 0.316 e. The first-order chi connectivity index (χ1) is 7.32. The van der Waals surface area contributed by atoms with Crippen molar-refractivity contribution in [1.82, 2.24) is 0 Å². The molecular weight excluding hydrogens is 374 g/mol. The van der Waals surface area contributed by atoms with Gasteiger partial charge in [0.1, 0.15) is 0 Å². The average molecular weight is 389 g/mol. The van der Waals surface area contributed by atoms with Gasteiger partial charge in [0.25, 0.3) is 0 Å². The molecule has 96 valence electrons. The van der Waals surface area contributed by atoms with Crippen LogP contribution >= 0.6 is 23.2 Å². The summed E-state index contributed by atoms with van der Waals surface area (Å²) in [5.74, 6) is 0.427. The Bertz CT molecular complexity index is 395. The number of anilines is 1. The predicted molar refractivity (Wildman–Crippen MR) is 69.7 cm³/mol. The van der Waals surface area contributed by atoms with Gasteiger partial charge >= 0.3 is 5.96 Å². The maximum atomic E-state index is 5.97. The number of benzene rings is 1. The topological polar surface area (TPSA) is 50.4 Å². The first kappa shape index (κ1) is 16.8. The number of nitrogens with zero attached hydrogens (tertiary/aromatic N) is 2. The minimum atomic E-state index is 0. The molecule has 0 radical (unpaired) electrons. The number of rotatable bonds is 2. The molecule has 0 amide bonds. The van der Waals surface area contributed by atoms with Crippen molar-refractivity contribution in [1.29, 1.82) is 0 Å². The molecule has 3 N–H and O–H groups in total. The Morgan fingerprint density at radius 2 is 1.71 bits per heavy atom. The van der Waals surface area contributed by atoms with Crippen LogP contribution in [0, 0.1) is 0 Å². The number of quaternary nitrogens is 1. The van der Waals surface area contributed by atoms with Gasteiger partial charge in [-0.05, 0) is 12.1 Å². The van der Waals surface area contributed by atoms with E-state index in [0.717, 1.165) is 0 Å². The second kappa shape index (κ2) is 6.63. The highest BCUT2D eigenvalue weighted by atomic mass is 127. The van der Waals surface area contributed by atoms with E-state index in [-0.39, 0.29) is 24.0 Å². The van der Waals surface area contributed by atoms with Crippen LogP contribution in [0.1, 0.15) is 0 Å². The van der Waals surface area contributed by atoms with Crippen LogP contribution in [0.2, 0.25) is 10.0 Å². The van der Waals surface area contributed by atoms with E-state index in [1.165, 1.54) is 0 Å². The van der Waals surface area contributed by atoms with E-state index in [4.69, 9.17) is 28.9 Å². The first-order valence-electron chi connectivity index (χ1n) is 4.67. The highest BCUT2D eigenvalue weighted by Crippen LogP contribution is 2.29. The van der Waals surface area contributed by atoms with Crippen LogP contribution in [0.25, 0.3) is 0 Å². The number of hydrazone groups is 1. The third-order valence-electron chi connectivity index (χ3n) is 1.93. The van der Waals surface area contributed by atoms with Crippen molar-refractivity contribution >= 4 is 34.8 Å². The van der Waals surface area contributed by atoms with Crippen LogP contribution in [0.5, 0.6) is 0 Å². The molecule has 0 bridgehead atoms. The SMILES string of the molecule is C[N+](C)(C)/C(N)=N/Nc1c(Cl)cccc1Cl.[I-]. The molecule has 0 saturated heterocycles. The second-order valence-corrected chi connectivity index (χ2v) is 5.01. The Labute approximate surface area is 128 Å². The lowest BCUT2D eigenvalue weighted by Crippen LogP contribution is -3.00. The quantitative estimate of drug-likeness (QED) is 0.232. The molecule has 4 nitrogen and oxygen atoms in total. The zero-order valence-corrected chi connectivity index (χ0v) is 13.5. The van der Waals surface area contributed by atoms with Crippen LogP contribution < -0.4 is 35.1 Å². The molecule has 1 rings (SSSR count). The van der Waals surface area contributed by atoms with Crippen LogP contribution in [-0.2, 0) is 0 Å². The van der Waals surface area contributed by atoms with Gasteiger partial charge in [-0.2, -0.15) is 0 Å². The Morgan fingerprint density at radius 3 is 2.12 bits per heavy atom. The Hall–Kier alpha value is -0.240. The van der Waals surface area contributed by atoms with Crippen molar-refractivity contribution in [2.45, 2.75) is 0 Å². The normalized spacial score (nSPS) is 11.9. The number of hydrogen-bond acceptors (Lipinski definition) is 2. The summed E-state index contributed by atoms with van der Waals surface area (Å²) in [5.41, 5.74) is 9.10. The second-order valence-electron chi connectivity index (χ2n) is 4.19. The molecule has 0 unspecified atom stereocenters. The number of nitrogens with two attached hydrogens (primary N) is 1. The molecule has 1 aromatic rings. The summed E-state index contributed by atoms with van der Waals surface area (Å²) in [4.78, 5) is 0. The van der Waals surface area contributed by atoms with E-state index < -0.39 is 0 Å². The van der Waals surface area contributed by atoms with Crippen molar-refractivity contribution in [2.75, 3.05) is 26.6 Å². The molecule has 17 heavy (non-hydrogen) atoms. The molecule has 0 saturated carbocycles. The fourth-order valence-electron chi connectivity index (χ4n) is 0.868. The van der Waals surface area contributed by atoms with Crippen molar-refractivity contribution in [3.05, 3.63) is 28.2 Å². The zero-order chi connectivity index (χ0) is 12.3. The van der Waals surface area contributed by atoms with Crippen LogP contribution in [0.4, 0.5) is 5.69 Å². The number of guanidine groups is 1. The van der Waals surface area contributed by atoms with Gasteiger partial charge in [0.2, 0.25) is 0 Å². The van der Waals surface area contributed by atoms with Crippen molar-refractivity contribution in [3.63, 3.8) is 0 Å². The lowest BCUT2D eigenvalue weighted by Gasteiger charge is -2.21. The smallest absolute Gasteiger partial charge is 0.316 e. The lowest BCUT2D eigenvalue weighted by molar-refractivity contribution is -0.778. The van der Waals surface area contributed by atoms with Crippen LogP contribution in [-0.4, -0.2) is 31.6 Å². The Morgan fingerprint density at radius 1 is 1.24 bits per heavy atom. The molecule has 0 aliphatic rings. The third-order valence-corrected chi connectivity index (χ3v) is 2.56. The van der Waals surface area contributed by atoms with E-state index in [0.29, 0.717) is 26.2 Å². The van der Waals surface area contributed by atoms with Crippen molar-refractivity contribution in [2.24, 2.45) is 10.8 Å². The number of halogens is 3. The van der Waals surface area contributed by atoms with E-state index in [9.17, 15) is 0 Å². The standard InChI is InChI=1S/C10H15Cl2N4.HI/c1-16(2,3)10(13)15-14-9-7(11)5-4-6-8(9)12;/h4-6,14H,1-3H3,(H2,13,15);1H/q+1;/p-1. The van der Waals surface area contributed by atoms with Gasteiger partial charge < -0.3 is 29.7 Å². The lowest BCUT2D eigenvalue weighted by atomic mass is 10.3. The van der Waals surface area contributed by atoms with E-state index in [1.807, 2.05) is 21.1 Å². The highest BCUT2D eigenvalue weighted by Gasteiger charge is 2.14. The molecule has 0 aliphatic carbocycles. The number of hydrogen-bond donors (Lipinski definition) is 2. The Balaban J connectivity index is 0.00000256. The van der Waals surface area contributed by atoms with Gasteiger partial charge in [0.15, 0.2) is 0 Å². The minimum Gasteiger partial charge on any atom is -1.00 e. The summed E-state index contributed by atoms with van der Waals surface area (Å²) in [5, 5.41) is 5.05. The molecule has 0 fully saturated rings. The van der Waals surface area contributed by atoms with Gasteiger partial charge in [-0.25, -0.2) is 0 Å². The number of para-hydroxylation sites is 1. The molecular formula is C10H15Cl2IN4. The van der Waals surface area contributed by atoms with E-state index in [2.05, 4.69) is 10.5 Å². The fourth-order valence-corrected chi connectivity index (χ4v) is 1.35. The Kier molecular flexibility index (Phi) is 6.53. The third kappa shape index (κ3) is 4.87. The summed E-state index contributed by atoms with van der Waals surface area (Å²) in [6.45, 7) is 0. The summed E-state index contributed by atoms with van der Waals surface area (Å²) in [6.07, 6.45) is 0. The van der Waals surface area contributed by atoms with Gasteiger partial charge in [0.05, 0.1) is 36.9 Å². The van der Waals surface area contributed by atoms with Crippen molar-refractivity contribution < 1.29 is 28.5 Å². The van der Waals surface area contributed by atoms with Gasteiger partial charge in [-0.1, -0.05) is 29.3 Å². The largest absolute Gasteiger partial charge is 1.00 e. The summed E-state index contributed by atoms with van der Waals surface area (Å²) in [7, 11) is 5.73. The highest BCUT2D eigenvalue weighted by molar-refractivity contribution is 6.39. The molecule has 0 spiro atoms. The van der Waals surface area contributed by atoms with E-state index >= 15 is 0 Å². The predicted octanol–water partition coefficient (Wildman–Crippen LogP) is -0.655. The molecule has 1 aromatic carbocycles. The monoisotopic (exact) mass is 388 g/mol. The minimum absolute atomic E-state index is 0. The molecule has 0 aliphatic heterocycles. The zero-order valence-electron chi connectivity index (χ0n) is 9.84. The van der Waals surface area contributed by atoms with Gasteiger partial charge in [0, 0.05) is 0 Å². The first-order valence-corrected chi connectivity index (χ1v) is 5.43. The summed E-state index contributed by atoms with van der Waals surface area (Å²) >= 11 is 11.9. The average Bonchev–Trinajstić information content (AvgIpc) is 2.15. The molecule has 0 heterocycles. The van der Waals surface area contributed by atoms with Gasteiger partial charge in [-0.15, -0.1) is 5.10 Å². The van der Waals surface area contributed by atoms with Crippen LogP contribution in [0.3, 0.4) is 0 Å². The van der Waals surface area contributed by atoms with E-state index in [1.54, 1.807) is 18.2 Å². The van der Waals surface area contributed by atoms with Crippen molar-refractivity contribution in [3.8, 4) is 0 Å². The maximum absolute atomic E-state index is 5.97.